The smallest absolute Gasteiger partial charge is 0.438 e. The lowest BCUT2D eigenvalue weighted by Crippen LogP contribution is -2.28. The molecule has 0 saturated heterocycles. The van der Waals surface area contributed by atoms with Gasteiger partial charge in [-0.05, 0) is 60.2 Å². The molecule has 2 aromatic carbocycles. The molecule has 2 aromatic rings. The number of ether oxygens (including phenoxy) is 2. The van der Waals surface area contributed by atoms with Gasteiger partial charge in [0.25, 0.3) is 0 Å². The first-order valence-corrected chi connectivity index (χ1v) is 8.05. The maximum Gasteiger partial charge on any atom is 0.438 e. The third-order valence-electron chi connectivity index (χ3n) is 3.34. The molecule has 0 fully saturated rings. The van der Waals surface area contributed by atoms with Crippen LogP contribution in [-0.4, -0.2) is 18.4 Å². The largest absolute Gasteiger partial charge is 0.489 e. The van der Waals surface area contributed by atoms with E-state index in [1.807, 2.05) is 44.2 Å². The van der Waals surface area contributed by atoms with Crippen LogP contribution in [0, 0.1) is 17.4 Å². The number of hydrogen-bond acceptors (Lipinski definition) is 4. The van der Waals surface area contributed by atoms with Crippen LogP contribution in [0.15, 0.2) is 36.4 Å². The molecule has 0 radical (unpaired) electrons. The van der Waals surface area contributed by atoms with E-state index in [0.29, 0.717) is 16.3 Å². The van der Waals surface area contributed by atoms with Crippen LogP contribution < -0.4 is 9.80 Å². The lowest BCUT2D eigenvalue weighted by molar-refractivity contribution is 0.140. The second-order valence-electron chi connectivity index (χ2n) is 5.11. The number of methoxy groups -OCH3 is 1. The number of hydroxylamine groups is 1. The molecule has 0 aliphatic heterocycles. The van der Waals surface area contributed by atoms with Crippen molar-refractivity contribution in [3.8, 4) is 5.75 Å². The Labute approximate surface area is 148 Å². The molecule has 1 N–H and O–H groups in total. The number of aryl methyl sites for hydroxylation is 2. The monoisotopic (exact) mass is 427 g/mol. The lowest BCUT2D eigenvalue weighted by atomic mass is 10.1. The fraction of sp³-hybridized carbons (Fsp3) is 0.235. The van der Waals surface area contributed by atoms with Gasteiger partial charge in [0, 0.05) is 9.13 Å². The van der Waals surface area contributed by atoms with E-state index in [9.17, 15) is 10.0 Å². The number of amides is 1. The molecule has 1 amide bonds. The van der Waals surface area contributed by atoms with Crippen LogP contribution in [0.3, 0.4) is 0 Å². The molecule has 0 atom stereocenters. The number of nitrogens with zero attached hydrogens (tertiary/aromatic N) is 1. The number of benzene rings is 2. The molecule has 23 heavy (non-hydrogen) atoms. The summed E-state index contributed by atoms with van der Waals surface area (Å²) in [6.45, 7) is 4.22. The van der Waals surface area contributed by atoms with Crippen LogP contribution in [0.5, 0.6) is 5.75 Å². The summed E-state index contributed by atoms with van der Waals surface area (Å²) >= 11 is 2.11. The summed E-state index contributed by atoms with van der Waals surface area (Å²) in [5.74, 6) is 0.766. The molecule has 0 unspecified atom stereocenters. The highest BCUT2D eigenvalue weighted by Crippen LogP contribution is 2.26. The second-order valence-corrected chi connectivity index (χ2v) is 6.36. The molecule has 0 aromatic heterocycles. The average Bonchev–Trinajstić information content (AvgIpc) is 2.53. The summed E-state index contributed by atoms with van der Waals surface area (Å²) in [5, 5.41) is 10.5. The Bertz CT molecular complexity index is 718. The van der Waals surface area contributed by atoms with Gasteiger partial charge >= 0.3 is 6.09 Å². The molecule has 2 rings (SSSR count). The van der Waals surface area contributed by atoms with E-state index in [-0.39, 0.29) is 6.61 Å². The molecule has 6 heteroatoms. The van der Waals surface area contributed by atoms with Crippen LogP contribution in [0.2, 0.25) is 0 Å². The van der Waals surface area contributed by atoms with Crippen molar-refractivity contribution >= 4 is 34.4 Å². The van der Waals surface area contributed by atoms with Gasteiger partial charge in [0.05, 0.1) is 12.8 Å². The molecule has 122 valence electrons. The Morgan fingerprint density at radius 3 is 2.61 bits per heavy atom. The Morgan fingerprint density at radius 1 is 1.22 bits per heavy atom. The third-order valence-corrected chi connectivity index (χ3v) is 4.01. The molecular weight excluding hydrogens is 409 g/mol. The molecule has 0 aliphatic carbocycles. The van der Waals surface area contributed by atoms with Crippen LogP contribution in [-0.2, 0) is 11.3 Å². The Morgan fingerprint density at radius 2 is 1.96 bits per heavy atom. The normalized spacial score (nSPS) is 10.3. The lowest BCUT2D eigenvalue weighted by Gasteiger charge is -2.18. The van der Waals surface area contributed by atoms with Gasteiger partial charge in [-0.2, -0.15) is 5.06 Å². The first-order chi connectivity index (χ1) is 10.9. The van der Waals surface area contributed by atoms with Gasteiger partial charge in [-0.3, -0.25) is 5.21 Å². The van der Waals surface area contributed by atoms with Crippen molar-refractivity contribution < 1.29 is 19.5 Å². The van der Waals surface area contributed by atoms with Crippen molar-refractivity contribution in [3.63, 3.8) is 0 Å². The fourth-order valence-electron chi connectivity index (χ4n) is 2.16. The average molecular weight is 427 g/mol. The van der Waals surface area contributed by atoms with Crippen molar-refractivity contribution in [2.75, 3.05) is 12.2 Å². The molecule has 0 saturated carbocycles. The van der Waals surface area contributed by atoms with Crippen molar-refractivity contribution in [2.45, 2.75) is 20.5 Å². The molecular formula is C17H18INO4. The number of carbonyl (C=O) groups is 1. The standard InChI is InChI=1S/C17H18INO4/c1-11-4-7-16(12(2)8-11)23-10-13-5-6-14(18)9-15(13)19(21)17(20)22-3/h4-9,21H,10H2,1-3H3. The van der Waals surface area contributed by atoms with E-state index >= 15 is 0 Å². The Hall–Kier alpha value is -1.80. The van der Waals surface area contributed by atoms with Gasteiger partial charge in [0.2, 0.25) is 0 Å². The number of hydrogen-bond donors (Lipinski definition) is 1. The second kappa shape index (κ2) is 7.65. The van der Waals surface area contributed by atoms with E-state index in [4.69, 9.17) is 4.74 Å². The highest BCUT2D eigenvalue weighted by molar-refractivity contribution is 14.1. The zero-order valence-electron chi connectivity index (χ0n) is 13.2. The first kappa shape index (κ1) is 17.6. The van der Waals surface area contributed by atoms with E-state index < -0.39 is 6.09 Å². The Kier molecular flexibility index (Phi) is 5.84. The van der Waals surface area contributed by atoms with Gasteiger partial charge in [-0.15, -0.1) is 0 Å². The van der Waals surface area contributed by atoms with E-state index in [2.05, 4.69) is 27.3 Å². The van der Waals surface area contributed by atoms with E-state index in [1.165, 1.54) is 7.11 Å². The predicted octanol–water partition coefficient (Wildman–Crippen LogP) is 4.45. The molecule has 0 heterocycles. The summed E-state index contributed by atoms with van der Waals surface area (Å²) < 4.78 is 11.3. The zero-order chi connectivity index (χ0) is 17.0. The minimum atomic E-state index is -0.847. The summed E-state index contributed by atoms with van der Waals surface area (Å²) in [6.07, 6.45) is -0.847. The number of halogens is 1. The zero-order valence-corrected chi connectivity index (χ0v) is 15.3. The van der Waals surface area contributed by atoms with Gasteiger partial charge in [-0.1, -0.05) is 23.8 Å². The maximum absolute atomic E-state index is 11.6. The van der Waals surface area contributed by atoms with Crippen LogP contribution in [0.25, 0.3) is 0 Å². The fourth-order valence-corrected chi connectivity index (χ4v) is 2.63. The quantitative estimate of drug-likeness (QED) is 0.445. The topological polar surface area (TPSA) is 59.0 Å². The highest BCUT2D eigenvalue weighted by Gasteiger charge is 2.18. The number of carbonyl (C=O) groups excluding carboxylic acids is 1. The first-order valence-electron chi connectivity index (χ1n) is 6.98. The molecule has 5 nitrogen and oxygen atoms in total. The SMILES string of the molecule is COC(=O)N(O)c1cc(I)ccc1COc1ccc(C)cc1C. The number of anilines is 1. The molecule has 0 spiro atoms. The van der Waals surface area contributed by atoms with Gasteiger partial charge in [0.1, 0.15) is 12.4 Å². The van der Waals surface area contributed by atoms with Gasteiger partial charge in [-0.25, -0.2) is 4.79 Å². The van der Waals surface area contributed by atoms with Gasteiger partial charge < -0.3 is 9.47 Å². The van der Waals surface area contributed by atoms with Gasteiger partial charge in [0.15, 0.2) is 0 Å². The van der Waals surface area contributed by atoms with E-state index in [1.54, 1.807) is 6.07 Å². The van der Waals surface area contributed by atoms with Crippen LogP contribution in [0.4, 0.5) is 10.5 Å². The maximum atomic E-state index is 11.6. The molecule has 0 bridgehead atoms. The van der Waals surface area contributed by atoms with E-state index in [0.717, 1.165) is 20.4 Å². The summed E-state index contributed by atoms with van der Waals surface area (Å²) in [4.78, 5) is 11.6. The van der Waals surface area contributed by atoms with Crippen molar-refractivity contribution in [1.82, 2.24) is 0 Å². The summed E-state index contributed by atoms with van der Waals surface area (Å²) in [5.41, 5.74) is 3.22. The summed E-state index contributed by atoms with van der Waals surface area (Å²) in [7, 11) is 1.21. The van der Waals surface area contributed by atoms with Crippen LogP contribution >= 0.6 is 22.6 Å². The number of rotatable bonds is 4. The highest BCUT2D eigenvalue weighted by atomic mass is 127. The van der Waals surface area contributed by atoms with Crippen molar-refractivity contribution in [2.24, 2.45) is 0 Å². The predicted molar refractivity (Wildman–Crippen MR) is 96.1 cm³/mol. The molecule has 0 aliphatic rings. The minimum absolute atomic E-state index is 0.226. The van der Waals surface area contributed by atoms with Crippen LogP contribution in [0.1, 0.15) is 16.7 Å². The third kappa shape index (κ3) is 4.35. The Balaban J connectivity index is 2.24. The van der Waals surface area contributed by atoms with Crippen molar-refractivity contribution in [3.05, 3.63) is 56.7 Å². The van der Waals surface area contributed by atoms with Crippen molar-refractivity contribution in [1.29, 1.82) is 0 Å². The minimum Gasteiger partial charge on any atom is -0.489 e. The summed E-state index contributed by atoms with van der Waals surface area (Å²) in [6, 6.07) is 11.3.